The van der Waals surface area contributed by atoms with E-state index < -0.39 is 41.1 Å². The molecule has 7 nitrogen and oxygen atoms in total. The molecule has 170 valence electrons. The summed E-state index contributed by atoms with van der Waals surface area (Å²) in [5.74, 6) is -0.802. The summed E-state index contributed by atoms with van der Waals surface area (Å²) < 4.78 is 81.0. The van der Waals surface area contributed by atoms with Crippen molar-refractivity contribution in [3.05, 3.63) is 88.9 Å². The van der Waals surface area contributed by atoms with Crippen LogP contribution in [0.15, 0.2) is 60.9 Å². The van der Waals surface area contributed by atoms with Gasteiger partial charge in [0.05, 0.1) is 22.9 Å². The average Bonchev–Trinajstić information content (AvgIpc) is 3.24. The van der Waals surface area contributed by atoms with Crippen LogP contribution in [0.3, 0.4) is 0 Å². The van der Waals surface area contributed by atoms with Crippen LogP contribution in [0.25, 0.3) is 5.65 Å². The molecule has 1 amide bonds. The summed E-state index contributed by atoms with van der Waals surface area (Å²) >= 11 is 0. The third kappa shape index (κ3) is 4.61. The van der Waals surface area contributed by atoms with E-state index in [1.165, 1.54) is 22.8 Å². The van der Waals surface area contributed by atoms with E-state index in [0.717, 1.165) is 42.6 Å². The smallest absolute Gasteiger partial charge is 0.340 e. The van der Waals surface area contributed by atoms with Gasteiger partial charge in [0.2, 0.25) is 0 Å². The molecule has 0 fully saturated rings. The van der Waals surface area contributed by atoms with Crippen LogP contribution in [0.4, 0.5) is 26.3 Å². The Bertz CT molecular complexity index is 1300. The van der Waals surface area contributed by atoms with Crippen molar-refractivity contribution in [2.45, 2.75) is 18.4 Å². The lowest BCUT2D eigenvalue weighted by Crippen LogP contribution is -2.31. The molecule has 0 aliphatic heterocycles. The Kier molecular flexibility index (Phi) is 5.47. The minimum absolute atomic E-state index is 0.0224. The number of hydrogen-bond donors (Lipinski definition) is 1. The second kappa shape index (κ2) is 8.15. The fourth-order valence-corrected chi connectivity index (χ4v) is 3.16. The van der Waals surface area contributed by atoms with Gasteiger partial charge in [-0.1, -0.05) is 12.1 Å². The predicted octanol–water partition coefficient (Wildman–Crippen LogP) is 4.08. The van der Waals surface area contributed by atoms with Crippen molar-refractivity contribution < 1.29 is 31.1 Å². The Labute approximate surface area is 181 Å². The number of benzene rings is 1. The van der Waals surface area contributed by atoms with Gasteiger partial charge in [-0.2, -0.15) is 26.3 Å². The van der Waals surface area contributed by atoms with Gasteiger partial charge in [0.1, 0.15) is 0 Å². The summed E-state index contributed by atoms with van der Waals surface area (Å²) in [5, 5.41) is 13.2. The van der Waals surface area contributed by atoms with Crippen molar-refractivity contribution in [3.63, 3.8) is 0 Å². The summed E-state index contributed by atoms with van der Waals surface area (Å²) in [6, 6.07) is 6.43. The van der Waals surface area contributed by atoms with Crippen LogP contribution in [0.2, 0.25) is 0 Å². The molecule has 0 radical (unpaired) electrons. The van der Waals surface area contributed by atoms with E-state index in [2.05, 4.69) is 25.8 Å². The minimum Gasteiger partial charge on any atom is -0.340 e. The Balaban J connectivity index is 1.77. The van der Waals surface area contributed by atoms with E-state index in [0.29, 0.717) is 0 Å². The number of nitrogens with zero attached hydrogens (tertiary/aromatic N) is 5. The SMILES string of the molecule is O=C(N[C@@H](c1ccc(C(F)(F)F)cc1)c1ncccc1C(F)(F)F)c1ccn2nnnc2c1. The summed E-state index contributed by atoms with van der Waals surface area (Å²) in [5.41, 5.74) is -2.47. The van der Waals surface area contributed by atoms with E-state index in [1.54, 1.807) is 0 Å². The van der Waals surface area contributed by atoms with Gasteiger partial charge >= 0.3 is 12.4 Å². The van der Waals surface area contributed by atoms with Gasteiger partial charge in [-0.25, -0.2) is 4.52 Å². The molecule has 1 atom stereocenters. The molecular weight excluding hydrogens is 454 g/mol. The fourth-order valence-electron chi connectivity index (χ4n) is 3.16. The number of tetrazole rings is 1. The molecule has 33 heavy (non-hydrogen) atoms. The largest absolute Gasteiger partial charge is 0.418 e. The molecule has 3 heterocycles. The normalized spacial score (nSPS) is 13.2. The van der Waals surface area contributed by atoms with Gasteiger partial charge in [-0.15, -0.1) is 5.10 Å². The highest BCUT2D eigenvalue weighted by Gasteiger charge is 2.37. The van der Waals surface area contributed by atoms with Crippen LogP contribution >= 0.6 is 0 Å². The van der Waals surface area contributed by atoms with Gasteiger partial charge < -0.3 is 5.32 Å². The first-order valence-electron chi connectivity index (χ1n) is 9.22. The number of alkyl halides is 6. The molecule has 0 aliphatic rings. The van der Waals surface area contributed by atoms with E-state index in [1.807, 2.05) is 0 Å². The van der Waals surface area contributed by atoms with Crippen LogP contribution in [0, 0.1) is 0 Å². The molecule has 4 aromatic rings. The number of nitrogens with one attached hydrogen (secondary N) is 1. The first-order valence-corrected chi connectivity index (χ1v) is 9.22. The van der Waals surface area contributed by atoms with Crippen LogP contribution in [-0.2, 0) is 12.4 Å². The first-order chi connectivity index (χ1) is 15.5. The third-order valence-corrected chi connectivity index (χ3v) is 4.72. The Morgan fingerprint density at radius 3 is 2.36 bits per heavy atom. The fraction of sp³-hybridized carbons (Fsp3) is 0.150. The molecule has 13 heteroatoms. The average molecular weight is 466 g/mol. The number of halogens is 6. The second-order valence-corrected chi connectivity index (χ2v) is 6.86. The summed E-state index contributed by atoms with van der Waals surface area (Å²) in [6.07, 6.45) is -6.98. The van der Waals surface area contributed by atoms with Crippen molar-refractivity contribution in [2.75, 3.05) is 0 Å². The topological polar surface area (TPSA) is 85.1 Å². The van der Waals surface area contributed by atoms with E-state index in [9.17, 15) is 31.1 Å². The molecule has 0 unspecified atom stereocenters. The molecule has 1 aromatic carbocycles. The molecule has 1 N–H and O–H groups in total. The Morgan fingerprint density at radius 1 is 0.970 bits per heavy atom. The maximum absolute atomic E-state index is 13.6. The van der Waals surface area contributed by atoms with E-state index >= 15 is 0 Å². The summed E-state index contributed by atoms with van der Waals surface area (Å²) in [4.78, 5) is 16.7. The molecule has 0 spiro atoms. The van der Waals surface area contributed by atoms with Crippen molar-refractivity contribution in [2.24, 2.45) is 0 Å². The minimum atomic E-state index is -4.81. The molecule has 4 rings (SSSR count). The first kappa shape index (κ1) is 22.2. The number of pyridine rings is 2. The van der Waals surface area contributed by atoms with Crippen LogP contribution < -0.4 is 5.32 Å². The molecular formula is C20H12F6N6O. The maximum atomic E-state index is 13.6. The zero-order chi connectivity index (χ0) is 23.8. The summed E-state index contributed by atoms with van der Waals surface area (Å²) in [6.45, 7) is 0. The van der Waals surface area contributed by atoms with Crippen molar-refractivity contribution >= 4 is 11.6 Å². The predicted molar refractivity (Wildman–Crippen MR) is 101 cm³/mol. The number of amides is 1. The van der Waals surface area contributed by atoms with Crippen LogP contribution in [0.1, 0.15) is 38.8 Å². The van der Waals surface area contributed by atoms with Crippen LogP contribution in [0.5, 0.6) is 0 Å². The van der Waals surface area contributed by atoms with Gasteiger partial charge in [0.15, 0.2) is 5.65 Å². The number of carbonyl (C=O) groups excluding carboxylic acids is 1. The number of aromatic nitrogens is 5. The quantitative estimate of drug-likeness (QED) is 0.459. The maximum Gasteiger partial charge on any atom is 0.418 e. The standard InChI is InChI=1S/C20H12F6N6O/c21-19(22,23)13-5-3-11(4-6-13)16(17-14(20(24,25)26)2-1-8-27-17)28-18(33)12-7-9-32-15(10-12)29-30-31-32/h1-10,16H,(H,28,33)/t16-/m0/s1. The molecule has 3 aromatic heterocycles. The molecule has 0 bridgehead atoms. The lowest BCUT2D eigenvalue weighted by Gasteiger charge is -2.23. The van der Waals surface area contributed by atoms with E-state index in [-0.39, 0.29) is 16.8 Å². The Morgan fingerprint density at radius 2 is 1.70 bits per heavy atom. The number of carbonyl (C=O) groups is 1. The zero-order valence-electron chi connectivity index (χ0n) is 16.3. The van der Waals surface area contributed by atoms with Gasteiger partial charge in [0.25, 0.3) is 5.91 Å². The highest BCUT2D eigenvalue weighted by molar-refractivity contribution is 5.95. The lowest BCUT2D eigenvalue weighted by atomic mass is 9.97. The second-order valence-electron chi connectivity index (χ2n) is 6.86. The van der Waals surface area contributed by atoms with Gasteiger partial charge in [0, 0.05) is 18.0 Å². The van der Waals surface area contributed by atoms with Gasteiger partial charge in [-0.3, -0.25) is 9.78 Å². The Hall–Kier alpha value is -4.03. The monoisotopic (exact) mass is 466 g/mol. The molecule has 0 aliphatic carbocycles. The van der Waals surface area contributed by atoms with Crippen molar-refractivity contribution in [1.82, 2.24) is 30.3 Å². The third-order valence-electron chi connectivity index (χ3n) is 4.72. The molecule has 0 saturated heterocycles. The summed E-state index contributed by atoms with van der Waals surface area (Å²) in [7, 11) is 0. The zero-order valence-corrected chi connectivity index (χ0v) is 16.3. The van der Waals surface area contributed by atoms with Crippen LogP contribution in [-0.4, -0.2) is 30.9 Å². The van der Waals surface area contributed by atoms with Crippen molar-refractivity contribution in [1.29, 1.82) is 0 Å². The van der Waals surface area contributed by atoms with Crippen molar-refractivity contribution in [3.8, 4) is 0 Å². The lowest BCUT2D eigenvalue weighted by molar-refractivity contribution is -0.139. The number of fused-ring (bicyclic) bond motifs is 1. The van der Waals surface area contributed by atoms with E-state index in [4.69, 9.17) is 0 Å². The highest BCUT2D eigenvalue weighted by atomic mass is 19.4. The molecule has 0 saturated carbocycles. The number of rotatable bonds is 4. The van der Waals surface area contributed by atoms with Gasteiger partial charge in [-0.05, 0) is 52.4 Å². The highest BCUT2D eigenvalue weighted by Crippen LogP contribution is 2.36. The number of hydrogen-bond acceptors (Lipinski definition) is 5.